The van der Waals surface area contributed by atoms with Gasteiger partial charge in [0.05, 0.1) is 6.61 Å². The second-order valence-electron chi connectivity index (χ2n) is 7.44. The molecule has 3 aromatic rings. The number of carbonyl (C=O) groups excluding carboxylic acids is 1. The van der Waals surface area contributed by atoms with Gasteiger partial charge < -0.3 is 9.64 Å². The predicted molar refractivity (Wildman–Crippen MR) is 112 cm³/mol. The van der Waals surface area contributed by atoms with Crippen LogP contribution in [0.2, 0.25) is 0 Å². The number of benzene rings is 3. The first-order valence-corrected chi connectivity index (χ1v) is 10.2. The average molecular weight is 407 g/mol. The van der Waals surface area contributed by atoms with Crippen molar-refractivity contribution in [1.29, 1.82) is 0 Å². The zero-order valence-electron chi connectivity index (χ0n) is 16.6. The quantitative estimate of drug-likeness (QED) is 0.448. The molecule has 0 bridgehead atoms. The minimum atomic E-state index is -0.327. The monoisotopic (exact) mass is 407 g/mol. The Balaban J connectivity index is 1.45. The normalized spacial score (nSPS) is 13.1. The summed E-state index contributed by atoms with van der Waals surface area (Å²) in [5.74, 6) is -0.0622. The molecule has 1 saturated carbocycles. The van der Waals surface area contributed by atoms with E-state index in [-0.39, 0.29) is 23.6 Å². The molecule has 1 amide bonds. The van der Waals surface area contributed by atoms with E-state index in [9.17, 15) is 13.6 Å². The number of carbonyl (C=O) groups is 1. The highest BCUT2D eigenvalue weighted by atomic mass is 19.1. The van der Waals surface area contributed by atoms with Crippen LogP contribution < -0.4 is 4.74 Å². The smallest absolute Gasteiger partial charge is 0.254 e. The summed E-state index contributed by atoms with van der Waals surface area (Å²) >= 11 is 0. The van der Waals surface area contributed by atoms with Crippen molar-refractivity contribution >= 4 is 5.91 Å². The molecule has 5 heteroatoms. The number of halogens is 2. The Morgan fingerprint density at radius 3 is 2.43 bits per heavy atom. The molecule has 3 aromatic carbocycles. The molecule has 0 saturated heterocycles. The summed E-state index contributed by atoms with van der Waals surface area (Å²) in [6, 6.07) is 19.8. The van der Waals surface area contributed by atoms with Crippen LogP contribution in [-0.4, -0.2) is 30.0 Å². The van der Waals surface area contributed by atoms with Gasteiger partial charge in [-0.25, -0.2) is 8.78 Å². The van der Waals surface area contributed by atoms with Crippen molar-refractivity contribution in [3.05, 3.63) is 90.0 Å². The van der Waals surface area contributed by atoms with Crippen LogP contribution in [0.1, 0.15) is 29.6 Å². The first-order valence-electron chi connectivity index (χ1n) is 10.2. The minimum absolute atomic E-state index is 0.0425. The zero-order valence-corrected chi connectivity index (χ0v) is 16.6. The molecule has 0 radical (unpaired) electrons. The average Bonchev–Trinajstić information content (AvgIpc) is 3.60. The van der Waals surface area contributed by atoms with Gasteiger partial charge in [-0.2, -0.15) is 0 Å². The van der Waals surface area contributed by atoms with E-state index >= 15 is 0 Å². The number of ether oxygens (including phenoxy) is 1. The van der Waals surface area contributed by atoms with E-state index in [2.05, 4.69) is 0 Å². The second-order valence-corrected chi connectivity index (χ2v) is 7.44. The van der Waals surface area contributed by atoms with Gasteiger partial charge in [0.15, 0.2) is 0 Å². The van der Waals surface area contributed by atoms with Crippen molar-refractivity contribution in [2.24, 2.45) is 0 Å². The number of rotatable bonds is 8. The van der Waals surface area contributed by atoms with Gasteiger partial charge in [0.25, 0.3) is 5.91 Å². The van der Waals surface area contributed by atoms with Crippen molar-refractivity contribution < 1.29 is 18.3 Å². The summed E-state index contributed by atoms with van der Waals surface area (Å²) in [6.07, 6.45) is 2.65. The standard InChI is InChI=1S/C25H23F2NO2/c26-19-9-13-22(14-10-19)30-16-4-15-28(21-11-12-21)25(29)24-8-2-1-7-23(24)18-5-3-6-20(27)17-18/h1-3,5-10,13-14,17,21H,4,11-12,15-16H2. The van der Waals surface area contributed by atoms with Crippen molar-refractivity contribution in [2.45, 2.75) is 25.3 Å². The van der Waals surface area contributed by atoms with Gasteiger partial charge in [0.2, 0.25) is 0 Å². The zero-order chi connectivity index (χ0) is 20.9. The summed E-state index contributed by atoms with van der Waals surface area (Å²) in [7, 11) is 0. The van der Waals surface area contributed by atoms with E-state index in [0.29, 0.717) is 36.4 Å². The van der Waals surface area contributed by atoms with Gasteiger partial charge in [0.1, 0.15) is 17.4 Å². The summed E-state index contributed by atoms with van der Waals surface area (Å²) in [5.41, 5.74) is 2.00. The highest BCUT2D eigenvalue weighted by molar-refractivity contribution is 6.01. The second kappa shape index (κ2) is 9.08. The Kier molecular flexibility index (Phi) is 6.07. The van der Waals surface area contributed by atoms with Crippen LogP contribution in [0.3, 0.4) is 0 Å². The first-order chi connectivity index (χ1) is 14.6. The van der Waals surface area contributed by atoms with Crippen molar-refractivity contribution in [3.63, 3.8) is 0 Å². The molecular formula is C25H23F2NO2. The maximum Gasteiger partial charge on any atom is 0.254 e. The van der Waals surface area contributed by atoms with Crippen LogP contribution in [0.4, 0.5) is 8.78 Å². The number of amides is 1. The van der Waals surface area contributed by atoms with E-state index in [0.717, 1.165) is 18.4 Å². The van der Waals surface area contributed by atoms with Crippen LogP contribution in [0.25, 0.3) is 11.1 Å². The van der Waals surface area contributed by atoms with Crippen molar-refractivity contribution in [3.8, 4) is 16.9 Å². The molecule has 0 aromatic heterocycles. The molecule has 1 fully saturated rings. The molecule has 0 N–H and O–H groups in total. The third-order valence-corrected chi connectivity index (χ3v) is 5.17. The topological polar surface area (TPSA) is 29.5 Å². The van der Waals surface area contributed by atoms with Gasteiger partial charge in [-0.05, 0) is 72.9 Å². The Morgan fingerprint density at radius 2 is 1.70 bits per heavy atom. The molecule has 0 spiro atoms. The lowest BCUT2D eigenvalue weighted by Gasteiger charge is -2.24. The lowest BCUT2D eigenvalue weighted by atomic mass is 9.98. The Bertz CT molecular complexity index is 1020. The summed E-state index contributed by atoms with van der Waals surface area (Å²) < 4.78 is 32.4. The third-order valence-electron chi connectivity index (χ3n) is 5.17. The van der Waals surface area contributed by atoms with Crippen LogP contribution >= 0.6 is 0 Å². The van der Waals surface area contributed by atoms with Crippen LogP contribution in [0.15, 0.2) is 72.8 Å². The molecule has 154 valence electrons. The van der Waals surface area contributed by atoms with Gasteiger partial charge >= 0.3 is 0 Å². The lowest BCUT2D eigenvalue weighted by Crippen LogP contribution is -2.35. The summed E-state index contributed by atoms with van der Waals surface area (Å²) in [4.78, 5) is 15.3. The first kappa shape index (κ1) is 20.1. The molecule has 30 heavy (non-hydrogen) atoms. The van der Waals surface area contributed by atoms with E-state index in [1.807, 2.05) is 29.2 Å². The highest BCUT2D eigenvalue weighted by Gasteiger charge is 2.33. The maximum absolute atomic E-state index is 13.7. The number of nitrogens with zero attached hydrogens (tertiary/aromatic N) is 1. The SMILES string of the molecule is O=C(c1ccccc1-c1cccc(F)c1)N(CCCOc1ccc(F)cc1)C1CC1. The molecule has 0 aliphatic heterocycles. The van der Waals surface area contributed by atoms with Gasteiger partial charge in [-0.3, -0.25) is 4.79 Å². The van der Waals surface area contributed by atoms with Crippen LogP contribution in [0, 0.1) is 11.6 Å². The maximum atomic E-state index is 13.7. The van der Waals surface area contributed by atoms with Gasteiger partial charge in [-0.15, -0.1) is 0 Å². The fraction of sp³-hybridized carbons (Fsp3) is 0.240. The van der Waals surface area contributed by atoms with Gasteiger partial charge in [0, 0.05) is 18.2 Å². The van der Waals surface area contributed by atoms with Crippen LogP contribution in [0.5, 0.6) is 5.75 Å². The van der Waals surface area contributed by atoms with Crippen LogP contribution in [-0.2, 0) is 0 Å². The molecular weight excluding hydrogens is 384 g/mol. The molecule has 1 aliphatic rings. The minimum Gasteiger partial charge on any atom is -0.494 e. The molecule has 0 heterocycles. The Hall–Kier alpha value is -3.21. The van der Waals surface area contributed by atoms with E-state index in [4.69, 9.17) is 4.74 Å². The molecule has 3 nitrogen and oxygen atoms in total. The lowest BCUT2D eigenvalue weighted by molar-refractivity contribution is 0.0734. The molecule has 1 aliphatic carbocycles. The Labute approximate surface area is 174 Å². The number of hydrogen-bond acceptors (Lipinski definition) is 2. The van der Waals surface area contributed by atoms with Crippen molar-refractivity contribution in [2.75, 3.05) is 13.2 Å². The fourth-order valence-electron chi connectivity index (χ4n) is 3.52. The third kappa shape index (κ3) is 4.85. The largest absolute Gasteiger partial charge is 0.494 e. The summed E-state index contributed by atoms with van der Waals surface area (Å²) in [6.45, 7) is 1.01. The van der Waals surface area contributed by atoms with E-state index in [1.165, 1.54) is 24.3 Å². The predicted octanol–water partition coefficient (Wildman–Crippen LogP) is 5.71. The van der Waals surface area contributed by atoms with E-state index in [1.54, 1.807) is 24.3 Å². The van der Waals surface area contributed by atoms with E-state index < -0.39 is 0 Å². The molecule has 4 rings (SSSR count). The fourth-order valence-corrected chi connectivity index (χ4v) is 3.52. The molecule has 0 unspecified atom stereocenters. The summed E-state index contributed by atoms with van der Waals surface area (Å²) in [5, 5.41) is 0. The Morgan fingerprint density at radius 1 is 0.933 bits per heavy atom. The highest BCUT2D eigenvalue weighted by Crippen LogP contribution is 2.31. The number of hydrogen-bond donors (Lipinski definition) is 0. The van der Waals surface area contributed by atoms with Crippen molar-refractivity contribution in [1.82, 2.24) is 4.90 Å². The van der Waals surface area contributed by atoms with Gasteiger partial charge in [-0.1, -0.05) is 30.3 Å². The molecule has 0 atom stereocenters.